The van der Waals surface area contributed by atoms with Gasteiger partial charge in [0.05, 0.1) is 17.3 Å². The van der Waals surface area contributed by atoms with E-state index < -0.39 is 15.1 Å². The summed E-state index contributed by atoms with van der Waals surface area (Å²) >= 11 is 5.88. The number of hydrogen-bond donors (Lipinski definition) is 0. The molecule has 3 rings (SSSR count). The maximum atomic E-state index is 13.3. The number of ketones is 1. The van der Waals surface area contributed by atoms with E-state index in [1.807, 2.05) is 0 Å². The lowest BCUT2D eigenvalue weighted by Crippen LogP contribution is -2.18. The number of ether oxygens (including phenoxy) is 1. The molecule has 144 valence electrons. The summed E-state index contributed by atoms with van der Waals surface area (Å²) in [5.41, 5.74) is 0.957. The smallest absolute Gasteiger partial charge is 0.185 e. The van der Waals surface area contributed by atoms with Crippen LogP contribution in [0.2, 0.25) is 5.02 Å². The topological polar surface area (TPSA) is 60.4 Å². The lowest BCUT2D eigenvalue weighted by atomic mass is 10.0. The molecule has 4 nitrogen and oxygen atoms in total. The quantitative estimate of drug-likeness (QED) is 0.502. The van der Waals surface area contributed by atoms with Crippen molar-refractivity contribution >= 4 is 27.2 Å². The first kappa shape index (κ1) is 20.1. The number of carbonyl (C=O) groups is 1. The second kappa shape index (κ2) is 8.59. The van der Waals surface area contributed by atoms with Gasteiger partial charge in [0.2, 0.25) is 0 Å². The zero-order valence-electron chi connectivity index (χ0n) is 15.2. The van der Waals surface area contributed by atoms with E-state index in [-0.39, 0.29) is 17.1 Å². The molecule has 0 unspecified atom stereocenters. The van der Waals surface area contributed by atoms with Crippen LogP contribution in [0, 0.1) is 0 Å². The van der Waals surface area contributed by atoms with Crippen LogP contribution >= 0.6 is 11.6 Å². The first-order chi connectivity index (χ1) is 13.4. The van der Waals surface area contributed by atoms with E-state index in [9.17, 15) is 13.2 Å². The van der Waals surface area contributed by atoms with Gasteiger partial charge >= 0.3 is 0 Å². The standard InChI is InChI=1S/C22H19ClO4S/c1-27-19-13-9-17(10-14-19)22(28(25,26)20-5-3-2-4-6-20)15-21(24)16-7-11-18(23)12-8-16/h2-14,22H,15H2,1H3/t22-/m1/s1. The molecule has 0 fully saturated rings. The Labute approximate surface area is 169 Å². The van der Waals surface area contributed by atoms with Crippen molar-refractivity contribution in [1.82, 2.24) is 0 Å². The summed E-state index contributed by atoms with van der Waals surface area (Å²) in [7, 11) is -2.23. The Morgan fingerprint density at radius 2 is 1.54 bits per heavy atom. The van der Waals surface area contributed by atoms with Crippen molar-refractivity contribution in [2.45, 2.75) is 16.6 Å². The molecular formula is C22H19ClO4S. The molecule has 3 aromatic rings. The Hall–Kier alpha value is -2.63. The van der Waals surface area contributed by atoms with E-state index in [1.54, 1.807) is 78.9 Å². The lowest BCUT2D eigenvalue weighted by molar-refractivity contribution is 0.0980. The van der Waals surface area contributed by atoms with Gasteiger partial charge in [0.1, 0.15) is 5.75 Å². The highest BCUT2D eigenvalue weighted by atomic mass is 35.5. The number of halogens is 1. The predicted octanol–water partition coefficient (Wildman–Crippen LogP) is 5.14. The van der Waals surface area contributed by atoms with E-state index in [0.29, 0.717) is 21.9 Å². The van der Waals surface area contributed by atoms with Crippen molar-refractivity contribution in [2.75, 3.05) is 7.11 Å². The van der Waals surface area contributed by atoms with Crippen molar-refractivity contribution in [3.05, 3.63) is 95.0 Å². The average molecular weight is 415 g/mol. The summed E-state index contributed by atoms with van der Waals surface area (Å²) in [6.07, 6.45) is -0.175. The number of Topliss-reactive ketones (excluding diaryl/α,β-unsaturated/α-hetero) is 1. The molecule has 0 aliphatic heterocycles. The van der Waals surface area contributed by atoms with Gasteiger partial charge in [0, 0.05) is 17.0 Å². The van der Waals surface area contributed by atoms with Crippen LogP contribution in [0.15, 0.2) is 83.8 Å². The van der Waals surface area contributed by atoms with Gasteiger partial charge in [-0.15, -0.1) is 0 Å². The molecule has 0 aliphatic rings. The Balaban J connectivity index is 2.01. The van der Waals surface area contributed by atoms with Gasteiger partial charge in [0.25, 0.3) is 0 Å². The van der Waals surface area contributed by atoms with Crippen molar-refractivity contribution < 1.29 is 17.9 Å². The molecular weight excluding hydrogens is 396 g/mol. The van der Waals surface area contributed by atoms with Crippen LogP contribution in [0.4, 0.5) is 0 Å². The highest BCUT2D eigenvalue weighted by Gasteiger charge is 2.31. The third kappa shape index (κ3) is 4.43. The Morgan fingerprint density at radius 3 is 2.11 bits per heavy atom. The van der Waals surface area contributed by atoms with Crippen molar-refractivity contribution in [1.29, 1.82) is 0 Å². The lowest BCUT2D eigenvalue weighted by Gasteiger charge is -2.18. The maximum Gasteiger partial charge on any atom is 0.185 e. The van der Waals surface area contributed by atoms with Gasteiger partial charge in [-0.3, -0.25) is 4.79 Å². The molecule has 0 N–H and O–H groups in total. The zero-order chi connectivity index (χ0) is 20.1. The normalized spacial score (nSPS) is 12.4. The van der Waals surface area contributed by atoms with Gasteiger partial charge in [-0.1, -0.05) is 41.9 Å². The fourth-order valence-electron chi connectivity index (χ4n) is 2.92. The molecule has 0 saturated carbocycles. The van der Waals surface area contributed by atoms with Gasteiger partial charge in [0.15, 0.2) is 15.6 Å². The molecule has 1 atom stereocenters. The Kier molecular flexibility index (Phi) is 6.17. The van der Waals surface area contributed by atoms with Crippen LogP contribution in [0.25, 0.3) is 0 Å². The molecule has 28 heavy (non-hydrogen) atoms. The fourth-order valence-corrected chi connectivity index (χ4v) is 4.80. The fraction of sp³-hybridized carbons (Fsp3) is 0.136. The minimum atomic E-state index is -3.77. The number of rotatable bonds is 7. The largest absolute Gasteiger partial charge is 0.497 e. The van der Waals surface area contributed by atoms with Crippen LogP contribution in [0.5, 0.6) is 5.75 Å². The monoisotopic (exact) mass is 414 g/mol. The Morgan fingerprint density at radius 1 is 0.929 bits per heavy atom. The number of carbonyl (C=O) groups excluding carboxylic acids is 1. The summed E-state index contributed by atoms with van der Waals surface area (Å²) in [6, 6.07) is 21.3. The SMILES string of the molecule is COc1ccc([C@@H](CC(=O)c2ccc(Cl)cc2)S(=O)(=O)c2ccccc2)cc1. The second-order valence-electron chi connectivity index (χ2n) is 6.25. The maximum absolute atomic E-state index is 13.3. The second-order valence-corrected chi connectivity index (χ2v) is 8.82. The zero-order valence-corrected chi connectivity index (χ0v) is 16.8. The highest BCUT2D eigenvalue weighted by Crippen LogP contribution is 2.34. The molecule has 0 bridgehead atoms. The van der Waals surface area contributed by atoms with Crippen molar-refractivity contribution in [3.63, 3.8) is 0 Å². The third-order valence-electron chi connectivity index (χ3n) is 4.47. The minimum Gasteiger partial charge on any atom is -0.497 e. The molecule has 0 saturated heterocycles. The first-order valence-corrected chi connectivity index (χ1v) is 10.6. The van der Waals surface area contributed by atoms with Crippen LogP contribution in [0.1, 0.15) is 27.6 Å². The summed E-state index contributed by atoms with van der Waals surface area (Å²) in [4.78, 5) is 13.0. The van der Waals surface area contributed by atoms with E-state index >= 15 is 0 Å². The molecule has 0 amide bonds. The number of benzene rings is 3. The summed E-state index contributed by atoms with van der Waals surface area (Å²) < 4.78 is 31.8. The molecule has 0 heterocycles. The van der Waals surface area contributed by atoms with E-state index in [4.69, 9.17) is 16.3 Å². The average Bonchev–Trinajstić information content (AvgIpc) is 2.73. The van der Waals surface area contributed by atoms with Gasteiger partial charge in [-0.2, -0.15) is 0 Å². The molecule has 0 aliphatic carbocycles. The van der Waals surface area contributed by atoms with E-state index in [0.717, 1.165) is 0 Å². The van der Waals surface area contributed by atoms with E-state index in [2.05, 4.69) is 0 Å². The third-order valence-corrected chi connectivity index (χ3v) is 6.84. The molecule has 0 radical (unpaired) electrons. The molecule has 0 spiro atoms. The molecule has 0 aromatic heterocycles. The summed E-state index contributed by atoms with van der Waals surface area (Å²) in [5, 5.41) is -0.496. The summed E-state index contributed by atoms with van der Waals surface area (Å²) in [5.74, 6) is 0.348. The first-order valence-electron chi connectivity index (χ1n) is 8.63. The molecule has 6 heteroatoms. The van der Waals surface area contributed by atoms with Crippen molar-refractivity contribution in [2.24, 2.45) is 0 Å². The van der Waals surface area contributed by atoms with Gasteiger partial charge in [-0.25, -0.2) is 8.42 Å². The number of sulfone groups is 1. The number of methoxy groups -OCH3 is 1. The predicted molar refractivity (Wildman–Crippen MR) is 110 cm³/mol. The number of hydrogen-bond acceptors (Lipinski definition) is 4. The van der Waals surface area contributed by atoms with Crippen LogP contribution in [0.3, 0.4) is 0 Å². The van der Waals surface area contributed by atoms with Crippen LogP contribution in [-0.4, -0.2) is 21.3 Å². The van der Waals surface area contributed by atoms with Gasteiger partial charge < -0.3 is 4.74 Å². The summed E-state index contributed by atoms with van der Waals surface area (Å²) in [6.45, 7) is 0. The Bertz CT molecular complexity index is 1040. The highest BCUT2D eigenvalue weighted by molar-refractivity contribution is 7.91. The van der Waals surface area contributed by atoms with Crippen LogP contribution < -0.4 is 4.74 Å². The van der Waals surface area contributed by atoms with Gasteiger partial charge in [-0.05, 0) is 54.1 Å². The van der Waals surface area contributed by atoms with E-state index in [1.165, 1.54) is 7.11 Å². The molecule has 3 aromatic carbocycles. The minimum absolute atomic E-state index is 0.175. The van der Waals surface area contributed by atoms with Crippen molar-refractivity contribution in [3.8, 4) is 5.75 Å². The van der Waals surface area contributed by atoms with Crippen LogP contribution in [-0.2, 0) is 9.84 Å².